The van der Waals surface area contributed by atoms with Crippen LogP contribution >= 0.6 is 0 Å². The van der Waals surface area contributed by atoms with Crippen LogP contribution in [0.5, 0.6) is 0 Å². The van der Waals surface area contributed by atoms with Gasteiger partial charge in [-0.2, -0.15) is 0 Å². The van der Waals surface area contributed by atoms with Crippen molar-refractivity contribution in [2.45, 2.75) is 6.42 Å². The van der Waals surface area contributed by atoms with Gasteiger partial charge < -0.3 is 9.72 Å². The maximum absolute atomic E-state index is 10.9. The molecule has 0 aliphatic heterocycles. The number of fused-ring (bicyclic) bond motifs is 1. The van der Waals surface area contributed by atoms with Gasteiger partial charge in [0.05, 0.1) is 12.7 Å². The molecule has 80 valence electrons. The lowest BCUT2D eigenvalue weighted by atomic mass is 10.2. The van der Waals surface area contributed by atoms with Crippen LogP contribution in [0.2, 0.25) is 0 Å². The van der Waals surface area contributed by atoms with Gasteiger partial charge in [0.25, 0.3) is 0 Å². The van der Waals surface area contributed by atoms with Gasteiger partial charge in [0, 0.05) is 17.8 Å². The number of carbonyl (C=O) groups excluding carboxylic acids is 1. The minimum absolute atomic E-state index is 0.101. The van der Waals surface area contributed by atoms with Gasteiger partial charge in [-0.15, -0.1) is 0 Å². The molecular formula is C12H10N2O2. The normalized spacial score (nSPS) is 9.56. The number of methoxy groups -OCH3 is 1. The van der Waals surface area contributed by atoms with Crippen LogP contribution < -0.4 is 0 Å². The molecule has 2 aromatic heterocycles. The highest BCUT2D eigenvalue weighted by Crippen LogP contribution is 2.13. The van der Waals surface area contributed by atoms with Crippen LogP contribution in [0, 0.1) is 11.8 Å². The number of ether oxygens (including phenoxy) is 1. The summed E-state index contributed by atoms with van der Waals surface area (Å²) >= 11 is 0. The van der Waals surface area contributed by atoms with Gasteiger partial charge in [-0.3, -0.25) is 4.79 Å². The van der Waals surface area contributed by atoms with Crippen molar-refractivity contribution >= 4 is 17.0 Å². The van der Waals surface area contributed by atoms with Crippen molar-refractivity contribution in [2.24, 2.45) is 0 Å². The van der Waals surface area contributed by atoms with E-state index in [2.05, 4.69) is 26.5 Å². The fourth-order valence-electron chi connectivity index (χ4n) is 1.34. The Hall–Kier alpha value is -2.28. The van der Waals surface area contributed by atoms with E-state index in [4.69, 9.17) is 0 Å². The highest BCUT2D eigenvalue weighted by molar-refractivity contribution is 5.83. The number of aromatic nitrogens is 2. The van der Waals surface area contributed by atoms with Crippen LogP contribution in [0.25, 0.3) is 11.0 Å². The molecule has 0 aliphatic rings. The number of H-pyrrole nitrogens is 1. The number of nitrogens with zero attached hydrogens (tertiary/aromatic N) is 1. The quantitative estimate of drug-likeness (QED) is 0.577. The highest BCUT2D eigenvalue weighted by Gasteiger charge is 2.00. The second-order valence-electron chi connectivity index (χ2n) is 3.16. The summed E-state index contributed by atoms with van der Waals surface area (Å²) in [5, 5.41) is 0.958. The molecule has 4 nitrogen and oxygen atoms in total. The summed E-state index contributed by atoms with van der Waals surface area (Å²) in [6.45, 7) is 0. The molecule has 0 spiro atoms. The van der Waals surface area contributed by atoms with Crippen LogP contribution in [-0.2, 0) is 9.53 Å². The molecule has 0 amide bonds. The first kappa shape index (κ1) is 10.2. The lowest BCUT2D eigenvalue weighted by molar-refractivity contribution is -0.139. The van der Waals surface area contributed by atoms with Crippen LogP contribution in [-0.4, -0.2) is 23.0 Å². The summed E-state index contributed by atoms with van der Waals surface area (Å²) in [6.07, 6.45) is 3.59. The number of nitrogens with one attached hydrogen (secondary N) is 1. The fourth-order valence-corrected chi connectivity index (χ4v) is 1.34. The summed E-state index contributed by atoms with van der Waals surface area (Å²) in [7, 11) is 1.35. The Kier molecular flexibility index (Phi) is 2.88. The predicted octanol–water partition coefficient (Wildman–Crippen LogP) is 1.48. The molecule has 1 N–H and O–H groups in total. The lowest BCUT2D eigenvalue weighted by Gasteiger charge is -1.89. The van der Waals surface area contributed by atoms with Gasteiger partial charge >= 0.3 is 5.97 Å². The van der Waals surface area contributed by atoms with Crippen molar-refractivity contribution in [3.05, 3.63) is 30.1 Å². The Labute approximate surface area is 92.6 Å². The van der Waals surface area contributed by atoms with E-state index < -0.39 is 0 Å². The van der Waals surface area contributed by atoms with E-state index in [0.29, 0.717) is 0 Å². The molecule has 2 heterocycles. The number of carbonyl (C=O) groups is 1. The van der Waals surface area contributed by atoms with Gasteiger partial charge in [-0.1, -0.05) is 11.8 Å². The minimum atomic E-state index is -0.328. The number of esters is 1. The molecule has 0 fully saturated rings. The largest absolute Gasteiger partial charge is 0.468 e. The molecule has 0 radical (unpaired) electrons. The maximum Gasteiger partial charge on any atom is 0.317 e. The maximum atomic E-state index is 10.9. The average molecular weight is 214 g/mol. The first-order valence-electron chi connectivity index (χ1n) is 4.79. The first-order chi connectivity index (χ1) is 7.81. The number of pyridine rings is 1. The molecule has 2 rings (SSSR count). The summed E-state index contributed by atoms with van der Waals surface area (Å²) in [6, 6.07) is 3.78. The van der Waals surface area contributed by atoms with E-state index >= 15 is 0 Å². The number of aromatic amines is 1. The summed E-state index contributed by atoms with van der Waals surface area (Å²) < 4.78 is 4.50. The van der Waals surface area contributed by atoms with E-state index in [1.54, 1.807) is 12.4 Å². The van der Waals surface area contributed by atoms with Gasteiger partial charge in [0.15, 0.2) is 0 Å². The molecule has 0 aliphatic carbocycles. The van der Waals surface area contributed by atoms with E-state index in [-0.39, 0.29) is 12.4 Å². The van der Waals surface area contributed by atoms with Crippen LogP contribution in [0.15, 0.2) is 24.5 Å². The average Bonchev–Trinajstić information content (AvgIpc) is 2.73. The van der Waals surface area contributed by atoms with Crippen molar-refractivity contribution in [2.75, 3.05) is 7.11 Å². The number of hydrogen-bond donors (Lipinski definition) is 1. The first-order valence-corrected chi connectivity index (χ1v) is 4.79. The second kappa shape index (κ2) is 4.49. The van der Waals surface area contributed by atoms with Crippen molar-refractivity contribution in [1.29, 1.82) is 0 Å². The molecule has 0 atom stereocenters. The Morgan fingerprint density at radius 1 is 1.62 bits per heavy atom. The van der Waals surface area contributed by atoms with E-state index in [9.17, 15) is 4.79 Å². The van der Waals surface area contributed by atoms with E-state index in [0.717, 1.165) is 16.6 Å². The van der Waals surface area contributed by atoms with Gasteiger partial charge in [-0.25, -0.2) is 4.98 Å². The molecule has 0 aromatic carbocycles. The van der Waals surface area contributed by atoms with Crippen LogP contribution in [0.3, 0.4) is 0 Å². The third-order valence-corrected chi connectivity index (χ3v) is 2.13. The molecule has 0 bridgehead atoms. The zero-order valence-corrected chi connectivity index (χ0v) is 8.78. The SMILES string of the molecule is COC(=O)CC#Cc1c[nH]c2ncccc12. The van der Waals surface area contributed by atoms with Gasteiger partial charge in [-0.05, 0) is 12.1 Å². The molecule has 0 saturated heterocycles. The zero-order valence-electron chi connectivity index (χ0n) is 8.78. The fraction of sp³-hybridized carbons (Fsp3) is 0.167. The van der Waals surface area contributed by atoms with Crippen molar-refractivity contribution < 1.29 is 9.53 Å². The number of hydrogen-bond acceptors (Lipinski definition) is 3. The third kappa shape index (κ3) is 2.04. The van der Waals surface area contributed by atoms with E-state index in [1.165, 1.54) is 7.11 Å². The standard InChI is InChI=1S/C12H10N2O2/c1-16-11(15)6-2-4-9-8-14-12-10(9)5-3-7-13-12/h3,5,7-8H,6H2,1H3,(H,13,14). The van der Waals surface area contributed by atoms with Crippen molar-refractivity contribution in [3.8, 4) is 11.8 Å². The minimum Gasteiger partial charge on any atom is -0.468 e. The summed E-state index contributed by atoms with van der Waals surface area (Å²) in [4.78, 5) is 18.0. The Morgan fingerprint density at radius 3 is 3.31 bits per heavy atom. The van der Waals surface area contributed by atoms with Crippen molar-refractivity contribution in [1.82, 2.24) is 9.97 Å². The Bertz CT molecular complexity index is 575. The third-order valence-electron chi connectivity index (χ3n) is 2.13. The predicted molar refractivity (Wildman–Crippen MR) is 59.6 cm³/mol. The van der Waals surface area contributed by atoms with E-state index in [1.807, 2.05) is 12.1 Å². The van der Waals surface area contributed by atoms with Crippen LogP contribution in [0.4, 0.5) is 0 Å². The number of rotatable bonds is 1. The van der Waals surface area contributed by atoms with Crippen molar-refractivity contribution in [3.63, 3.8) is 0 Å². The molecule has 0 saturated carbocycles. The molecule has 4 heteroatoms. The highest BCUT2D eigenvalue weighted by atomic mass is 16.5. The Morgan fingerprint density at radius 2 is 2.50 bits per heavy atom. The second-order valence-corrected chi connectivity index (χ2v) is 3.16. The molecule has 0 unspecified atom stereocenters. The molecular weight excluding hydrogens is 204 g/mol. The topological polar surface area (TPSA) is 55.0 Å². The smallest absolute Gasteiger partial charge is 0.317 e. The zero-order chi connectivity index (χ0) is 11.4. The molecule has 16 heavy (non-hydrogen) atoms. The molecule has 2 aromatic rings. The lowest BCUT2D eigenvalue weighted by Crippen LogP contribution is -1.96. The monoisotopic (exact) mass is 214 g/mol. The Balaban J connectivity index is 2.24. The van der Waals surface area contributed by atoms with Crippen LogP contribution in [0.1, 0.15) is 12.0 Å². The summed E-state index contributed by atoms with van der Waals surface area (Å²) in [5.74, 6) is 5.34. The summed E-state index contributed by atoms with van der Waals surface area (Å²) in [5.41, 5.74) is 1.64. The van der Waals surface area contributed by atoms with Gasteiger partial charge in [0.2, 0.25) is 0 Å². The van der Waals surface area contributed by atoms with Gasteiger partial charge in [0.1, 0.15) is 12.1 Å².